The molecule has 0 unspecified atom stereocenters. The minimum absolute atomic E-state index is 0.688. The van der Waals surface area contributed by atoms with Crippen molar-refractivity contribution in [3.63, 3.8) is 0 Å². The average molecular weight is 176 g/mol. The Labute approximate surface area is 80.0 Å². The van der Waals surface area contributed by atoms with Crippen LogP contribution >= 0.6 is 0 Å². The molecule has 0 fully saturated rings. The van der Waals surface area contributed by atoms with E-state index in [4.69, 9.17) is 4.74 Å². The second-order valence-corrected chi connectivity index (χ2v) is 3.38. The maximum Gasteiger partial charge on any atom is 0.0713 e. The smallest absolute Gasteiger partial charge is 0.0713 e. The first-order valence-electron chi connectivity index (χ1n) is 4.43. The van der Waals surface area contributed by atoms with E-state index < -0.39 is 0 Å². The number of methoxy groups -OCH3 is 1. The molecule has 0 aliphatic carbocycles. The van der Waals surface area contributed by atoms with E-state index in [-0.39, 0.29) is 0 Å². The molecule has 0 saturated heterocycles. The summed E-state index contributed by atoms with van der Waals surface area (Å²) in [5.41, 5.74) is 3.72. The molecule has 13 heavy (non-hydrogen) atoms. The molecule has 1 aromatic rings. The van der Waals surface area contributed by atoms with Crippen molar-refractivity contribution in [3.8, 4) is 0 Å². The lowest BCUT2D eigenvalue weighted by molar-refractivity contribution is 0.185. The highest BCUT2D eigenvalue weighted by Crippen LogP contribution is 2.08. The summed E-state index contributed by atoms with van der Waals surface area (Å²) < 4.78 is 5.03. The molecule has 0 heterocycles. The Hall–Kier alpha value is -1.08. The van der Waals surface area contributed by atoms with Crippen LogP contribution < -0.4 is 0 Å². The predicted octanol–water partition coefficient (Wildman–Crippen LogP) is 2.95. The van der Waals surface area contributed by atoms with Crippen LogP contribution in [0.5, 0.6) is 0 Å². The van der Waals surface area contributed by atoms with Crippen LogP contribution in [-0.4, -0.2) is 7.11 Å². The van der Waals surface area contributed by atoms with E-state index >= 15 is 0 Å². The van der Waals surface area contributed by atoms with E-state index in [1.165, 1.54) is 16.7 Å². The second-order valence-electron chi connectivity index (χ2n) is 3.38. The van der Waals surface area contributed by atoms with E-state index in [0.717, 1.165) is 6.42 Å². The molecule has 0 aliphatic rings. The lowest BCUT2D eigenvalue weighted by Gasteiger charge is -2.02. The van der Waals surface area contributed by atoms with Crippen LogP contribution in [0.25, 0.3) is 0 Å². The van der Waals surface area contributed by atoms with Crippen molar-refractivity contribution in [1.82, 2.24) is 0 Å². The van der Waals surface area contributed by atoms with Crippen LogP contribution in [-0.2, 0) is 17.8 Å². The number of rotatable bonds is 4. The molecule has 0 amide bonds. The Kier molecular flexibility index (Phi) is 3.71. The standard InChI is InChI=1S/C12H16O/c1-10(2)8-11-4-6-12(7-5-11)9-13-3/h4-7H,1,8-9H2,2-3H3. The van der Waals surface area contributed by atoms with E-state index in [9.17, 15) is 0 Å². The zero-order valence-corrected chi connectivity index (χ0v) is 8.34. The molecule has 0 saturated carbocycles. The zero-order chi connectivity index (χ0) is 9.68. The normalized spacial score (nSPS) is 10.0. The Bertz CT molecular complexity index is 272. The molecule has 1 rings (SSSR count). The molecule has 0 bridgehead atoms. The van der Waals surface area contributed by atoms with Gasteiger partial charge >= 0.3 is 0 Å². The third-order valence-electron chi connectivity index (χ3n) is 1.84. The van der Waals surface area contributed by atoms with Crippen molar-refractivity contribution in [2.45, 2.75) is 20.0 Å². The van der Waals surface area contributed by atoms with Crippen molar-refractivity contribution >= 4 is 0 Å². The highest BCUT2D eigenvalue weighted by molar-refractivity contribution is 5.24. The Morgan fingerprint density at radius 1 is 1.23 bits per heavy atom. The van der Waals surface area contributed by atoms with Gasteiger partial charge in [0.1, 0.15) is 0 Å². The summed E-state index contributed by atoms with van der Waals surface area (Å²) in [5.74, 6) is 0. The van der Waals surface area contributed by atoms with E-state index in [1.807, 2.05) is 6.92 Å². The average Bonchev–Trinajstić information content (AvgIpc) is 2.08. The van der Waals surface area contributed by atoms with Crippen LogP contribution in [0.2, 0.25) is 0 Å². The largest absolute Gasteiger partial charge is 0.380 e. The molecule has 0 spiro atoms. The van der Waals surface area contributed by atoms with Crippen LogP contribution in [0.4, 0.5) is 0 Å². The minimum Gasteiger partial charge on any atom is -0.380 e. The van der Waals surface area contributed by atoms with Crippen molar-refractivity contribution in [2.24, 2.45) is 0 Å². The molecular weight excluding hydrogens is 160 g/mol. The third-order valence-corrected chi connectivity index (χ3v) is 1.84. The highest BCUT2D eigenvalue weighted by Gasteiger charge is 1.94. The minimum atomic E-state index is 0.688. The topological polar surface area (TPSA) is 9.23 Å². The predicted molar refractivity (Wildman–Crippen MR) is 55.7 cm³/mol. The highest BCUT2D eigenvalue weighted by atomic mass is 16.5. The van der Waals surface area contributed by atoms with Crippen LogP contribution in [0.15, 0.2) is 36.4 Å². The first-order valence-corrected chi connectivity index (χ1v) is 4.43. The maximum absolute atomic E-state index is 5.03. The van der Waals surface area contributed by atoms with E-state index in [0.29, 0.717) is 6.61 Å². The number of hydrogen-bond acceptors (Lipinski definition) is 1. The Morgan fingerprint density at radius 3 is 2.23 bits per heavy atom. The summed E-state index contributed by atoms with van der Waals surface area (Å²) in [4.78, 5) is 0. The summed E-state index contributed by atoms with van der Waals surface area (Å²) in [6.07, 6.45) is 0.966. The summed E-state index contributed by atoms with van der Waals surface area (Å²) >= 11 is 0. The molecule has 1 heteroatoms. The molecule has 0 radical (unpaired) electrons. The zero-order valence-electron chi connectivity index (χ0n) is 8.34. The van der Waals surface area contributed by atoms with Gasteiger partial charge in [-0.05, 0) is 24.5 Å². The summed E-state index contributed by atoms with van der Waals surface area (Å²) in [7, 11) is 1.71. The summed E-state index contributed by atoms with van der Waals surface area (Å²) in [6.45, 7) is 6.62. The van der Waals surface area contributed by atoms with Gasteiger partial charge in [-0.25, -0.2) is 0 Å². The van der Waals surface area contributed by atoms with Gasteiger partial charge in [0.05, 0.1) is 6.61 Å². The number of hydrogen-bond donors (Lipinski definition) is 0. The van der Waals surface area contributed by atoms with Gasteiger partial charge in [0.2, 0.25) is 0 Å². The number of benzene rings is 1. The van der Waals surface area contributed by atoms with Gasteiger partial charge < -0.3 is 4.74 Å². The fourth-order valence-corrected chi connectivity index (χ4v) is 1.27. The SMILES string of the molecule is C=C(C)Cc1ccc(COC)cc1. The molecule has 0 aliphatic heterocycles. The first kappa shape index (κ1) is 10.0. The van der Waals surface area contributed by atoms with Crippen molar-refractivity contribution in [3.05, 3.63) is 47.5 Å². The fourth-order valence-electron chi connectivity index (χ4n) is 1.27. The van der Waals surface area contributed by atoms with E-state index in [2.05, 4.69) is 30.8 Å². The summed E-state index contributed by atoms with van der Waals surface area (Å²) in [6, 6.07) is 8.45. The maximum atomic E-state index is 5.03. The second kappa shape index (κ2) is 4.83. The van der Waals surface area contributed by atoms with Crippen molar-refractivity contribution in [2.75, 3.05) is 7.11 Å². The molecular formula is C12H16O. The molecule has 70 valence electrons. The molecule has 0 atom stereocenters. The van der Waals surface area contributed by atoms with Gasteiger partial charge in [0.25, 0.3) is 0 Å². The quantitative estimate of drug-likeness (QED) is 0.641. The van der Waals surface area contributed by atoms with Crippen LogP contribution in [0.1, 0.15) is 18.1 Å². The lowest BCUT2D eigenvalue weighted by atomic mass is 10.1. The third kappa shape index (κ3) is 3.43. The number of ether oxygens (including phenoxy) is 1. The Morgan fingerprint density at radius 2 is 1.77 bits per heavy atom. The van der Waals surface area contributed by atoms with Gasteiger partial charge in [-0.3, -0.25) is 0 Å². The first-order chi connectivity index (χ1) is 6.22. The molecule has 1 aromatic carbocycles. The van der Waals surface area contributed by atoms with Gasteiger partial charge in [0.15, 0.2) is 0 Å². The molecule has 0 N–H and O–H groups in total. The molecule has 1 nitrogen and oxygen atoms in total. The van der Waals surface area contributed by atoms with Gasteiger partial charge in [-0.15, -0.1) is 0 Å². The Balaban J connectivity index is 2.64. The van der Waals surface area contributed by atoms with Gasteiger partial charge in [0, 0.05) is 7.11 Å². The number of allylic oxidation sites excluding steroid dienone is 1. The van der Waals surface area contributed by atoms with Crippen molar-refractivity contribution in [1.29, 1.82) is 0 Å². The van der Waals surface area contributed by atoms with Crippen molar-refractivity contribution < 1.29 is 4.74 Å². The van der Waals surface area contributed by atoms with Crippen LogP contribution in [0.3, 0.4) is 0 Å². The van der Waals surface area contributed by atoms with Gasteiger partial charge in [-0.2, -0.15) is 0 Å². The van der Waals surface area contributed by atoms with E-state index in [1.54, 1.807) is 7.11 Å². The monoisotopic (exact) mass is 176 g/mol. The van der Waals surface area contributed by atoms with Crippen LogP contribution in [0, 0.1) is 0 Å². The lowest BCUT2D eigenvalue weighted by Crippen LogP contribution is -1.89. The summed E-state index contributed by atoms with van der Waals surface area (Å²) in [5, 5.41) is 0. The molecule has 0 aromatic heterocycles. The van der Waals surface area contributed by atoms with Gasteiger partial charge in [-0.1, -0.05) is 36.4 Å². The fraction of sp³-hybridized carbons (Fsp3) is 0.333.